The molecule has 0 fully saturated rings. The molecule has 3 aromatic rings. The molecule has 0 bridgehead atoms. The van der Waals surface area contributed by atoms with Crippen molar-refractivity contribution in [2.75, 3.05) is 36.9 Å². The third kappa shape index (κ3) is 6.90. The number of benzene rings is 3. The highest BCUT2D eigenvalue weighted by Crippen LogP contribution is 2.35. The fraction of sp³-hybridized carbons (Fsp3) is 0.214. The summed E-state index contributed by atoms with van der Waals surface area (Å²) in [6.45, 7) is 2.11. The van der Waals surface area contributed by atoms with E-state index in [0.717, 1.165) is 0 Å². The molecule has 0 spiro atoms. The number of fused-ring (bicyclic) bond motifs is 1. The highest BCUT2D eigenvalue weighted by Gasteiger charge is 2.28. The molecule has 0 radical (unpaired) electrons. The monoisotopic (exact) mass is 535 g/mol. The summed E-state index contributed by atoms with van der Waals surface area (Å²) < 4.78 is 27.4. The Bertz CT molecular complexity index is 1360. The molecule has 11 nitrogen and oxygen atoms in total. The lowest BCUT2D eigenvalue weighted by molar-refractivity contribution is -0.112. The summed E-state index contributed by atoms with van der Waals surface area (Å²) in [5, 5.41) is 15.7. The molecule has 1 aliphatic rings. The number of rotatable bonds is 10. The van der Waals surface area contributed by atoms with Crippen molar-refractivity contribution in [1.29, 1.82) is 0 Å². The maximum atomic E-state index is 13.0. The second-order valence-electron chi connectivity index (χ2n) is 8.31. The van der Waals surface area contributed by atoms with E-state index < -0.39 is 24.2 Å². The number of para-hydroxylation sites is 2. The van der Waals surface area contributed by atoms with Crippen molar-refractivity contribution in [3.63, 3.8) is 0 Å². The van der Waals surface area contributed by atoms with Gasteiger partial charge in [-0.1, -0.05) is 18.2 Å². The van der Waals surface area contributed by atoms with E-state index in [1.165, 1.54) is 31.4 Å². The number of hydrogen-bond acceptors (Lipinski definition) is 9. The molecule has 0 aliphatic carbocycles. The zero-order valence-electron chi connectivity index (χ0n) is 21.4. The Morgan fingerprint density at radius 1 is 1.08 bits per heavy atom. The van der Waals surface area contributed by atoms with Gasteiger partial charge in [0.15, 0.2) is 29.1 Å². The first-order valence-corrected chi connectivity index (χ1v) is 12.1. The van der Waals surface area contributed by atoms with Crippen LogP contribution in [0.15, 0.2) is 72.8 Å². The zero-order chi connectivity index (χ0) is 27.8. The number of aromatic hydroxyl groups is 1. The summed E-state index contributed by atoms with van der Waals surface area (Å²) >= 11 is 0. The summed E-state index contributed by atoms with van der Waals surface area (Å²) in [7, 11) is 1.42. The number of methoxy groups -OCH3 is 1. The average Bonchev–Trinajstić information content (AvgIpc) is 3.39. The highest BCUT2D eigenvalue weighted by molar-refractivity contribution is 6.01. The van der Waals surface area contributed by atoms with Crippen molar-refractivity contribution in [3.8, 4) is 23.0 Å². The van der Waals surface area contributed by atoms with Crippen LogP contribution in [-0.2, 0) is 14.3 Å². The first-order valence-electron chi connectivity index (χ1n) is 12.1. The number of phenolic OH excluding ortho intramolecular Hbond substituents is 1. The van der Waals surface area contributed by atoms with Gasteiger partial charge in [0.2, 0.25) is 12.7 Å². The van der Waals surface area contributed by atoms with Gasteiger partial charge in [0, 0.05) is 24.4 Å². The first-order chi connectivity index (χ1) is 18.9. The van der Waals surface area contributed by atoms with Crippen LogP contribution in [0.5, 0.6) is 23.0 Å². The summed E-state index contributed by atoms with van der Waals surface area (Å²) in [5.41, 5.74) is 7.60. The van der Waals surface area contributed by atoms with Gasteiger partial charge in [0.1, 0.15) is 6.10 Å². The zero-order valence-corrected chi connectivity index (χ0v) is 21.4. The smallest absolute Gasteiger partial charge is 0.412 e. The van der Waals surface area contributed by atoms with Gasteiger partial charge in [-0.3, -0.25) is 10.1 Å². The van der Waals surface area contributed by atoms with Gasteiger partial charge >= 0.3 is 6.09 Å². The van der Waals surface area contributed by atoms with E-state index in [2.05, 4.69) is 10.6 Å². The standard InChI is InChI=1S/C28H29N3O8/c1-3-36-24(12-13-26(33)31-20-7-5-4-6-19(20)29)27(17-8-10-22(35-2)21(32)14-17)39-28(34)30-18-9-11-23-25(15-18)38-16-37-23/h4-15,24,27,32H,3,16,29H2,1-2H3,(H,30,34)(H,31,33)/b13-12+/t24-,27-/m1/s1. The Morgan fingerprint density at radius 2 is 1.87 bits per heavy atom. The Labute approximate surface area is 225 Å². The minimum absolute atomic E-state index is 0.0963. The molecule has 0 saturated carbocycles. The normalized spacial score (nSPS) is 13.5. The van der Waals surface area contributed by atoms with Crippen molar-refractivity contribution in [2.45, 2.75) is 19.1 Å². The van der Waals surface area contributed by atoms with Crippen LogP contribution in [0, 0.1) is 0 Å². The molecule has 39 heavy (non-hydrogen) atoms. The topological polar surface area (TPSA) is 151 Å². The maximum Gasteiger partial charge on any atom is 0.412 e. The molecule has 3 aromatic carbocycles. The molecule has 1 aliphatic heterocycles. The number of phenols is 1. The molecule has 2 amide bonds. The van der Waals surface area contributed by atoms with Crippen LogP contribution in [0.25, 0.3) is 0 Å². The summed E-state index contributed by atoms with van der Waals surface area (Å²) in [6, 6.07) is 16.3. The molecule has 2 atom stereocenters. The van der Waals surface area contributed by atoms with Gasteiger partial charge in [-0.15, -0.1) is 0 Å². The van der Waals surface area contributed by atoms with Crippen molar-refractivity contribution in [1.82, 2.24) is 0 Å². The number of anilines is 3. The van der Waals surface area contributed by atoms with Crippen molar-refractivity contribution in [3.05, 3.63) is 78.4 Å². The fourth-order valence-electron chi connectivity index (χ4n) is 3.85. The van der Waals surface area contributed by atoms with Gasteiger partial charge in [0.05, 0.1) is 18.5 Å². The van der Waals surface area contributed by atoms with Gasteiger partial charge in [-0.05, 0) is 55.0 Å². The van der Waals surface area contributed by atoms with Crippen LogP contribution >= 0.6 is 0 Å². The Hall–Kier alpha value is -4.90. The van der Waals surface area contributed by atoms with E-state index in [4.69, 9.17) is 29.4 Å². The molecule has 1 heterocycles. The van der Waals surface area contributed by atoms with E-state index in [-0.39, 0.29) is 24.9 Å². The number of ether oxygens (including phenoxy) is 5. The van der Waals surface area contributed by atoms with Crippen LogP contribution in [0.3, 0.4) is 0 Å². The maximum absolute atomic E-state index is 13.0. The lowest BCUT2D eigenvalue weighted by Gasteiger charge is -2.25. The van der Waals surface area contributed by atoms with Gasteiger partial charge in [-0.25, -0.2) is 4.79 Å². The molecule has 11 heteroatoms. The molecule has 4 rings (SSSR count). The van der Waals surface area contributed by atoms with E-state index in [1.807, 2.05) is 0 Å². The van der Waals surface area contributed by atoms with E-state index in [1.54, 1.807) is 55.5 Å². The SMILES string of the molecule is CCO[C@H](/C=C/C(=O)Nc1ccccc1N)[C@H](OC(=O)Nc1ccc2c(c1)OCO2)c1ccc(OC)c(O)c1. The second-order valence-corrected chi connectivity index (χ2v) is 8.31. The highest BCUT2D eigenvalue weighted by atomic mass is 16.7. The van der Waals surface area contributed by atoms with Crippen LogP contribution in [0.4, 0.5) is 21.9 Å². The second kappa shape index (κ2) is 12.6. The molecular weight excluding hydrogens is 506 g/mol. The minimum Gasteiger partial charge on any atom is -0.504 e. The van der Waals surface area contributed by atoms with Crippen molar-refractivity contribution < 1.29 is 38.4 Å². The third-order valence-corrected chi connectivity index (χ3v) is 5.70. The van der Waals surface area contributed by atoms with Gasteiger partial charge < -0.3 is 39.8 Å². The molecule has 204 valence electrons. The number of hydrogen-bond donors (Lipinski definition) is 4. The van der Waals surface area contributed by atoms with Crippen molar-refractivity contribution in [2.24, 2.45) is 0 Å². The predicted octanol–water partition coefficient (Wildman–Crippen LogP) is 4.60. The minimum atomic E-state index is -1.05. The lowest BCUT2D eigenvalue weighted by Crippen LogP contribution is -2.28. The molecule has 0 unspecified atom stereocenters. The van der Waals surface area contributed by atoms with Crippen LogP contribution < -0.4 is 30.6 Å². The van der Waals surface area contributed by atoms with Gasteiger partial charge in [-0.2, -0.15) is 0 Å². The molecule has 5 N–H and O–H groups in total. The number of carbonyl (C=O) groups is 2. The van der Waals surface area contributed by atoms with Crippen LogP contribution in [0.1, 0.15) is 18.6 Å². The largest absolute Gasteiger partial charge is 0.504 e. The lowest BCUT2D eigenvalue weighted by atomic mass is 10.0. The van der Waals surface area contributed by atoms with Crippen LogP contribution in [0.2, 0.25) is 0 Å². The van der Waals surface area contributed by atoms with Crippen LogP contribution in [-0.4, -0.2) is 43.7 Å². The summed E-state index contributed by atoms with van der Waals surface area (Å²) in [4.78, 5) is 25.6. The molecule has 0 aromatic heterocycles. The number of nitrogen functional groups attached to an aromatic ring is 1. The summed E-state index contributed by atoms with van der Waals surface area (Å²) in [5.74, 6) is 0.683. The number of carbonyl (C=O) groups excluding carboxylic acids is 2. The van der Waals surface area contributed by atoms with E-state index in [9.17, 15) is 14.7 Å². The first kappa shape index (κ1) is 27.1. The average molecular weight is 536 g/mol. The molecular formula is C28H29N3O8. The Kier molecular flexibility index (Phi) is 8.75. The molecule has 0 saturated heterocycles. The van der Waals surface area contributed by atoms with E-state index in [0.29, 0.717) is 34.1 Å². The predicted molar refractivity (Wildman–Crippen MR) is 144 cm³/mol. The third-order valence-electron chi connectivity index (χ3n) is 5.70. The van der Waals surface area contributed by atoms with Gasteiger partial charge in [0.25, 0.3) is 0 Å². The number of nitrogens with one attached hydrogen (secondary N) is 2. The Morgan fingerprint density at radius 3 is 2.62 bits per heavy atom. The van der Waals surface area contributed by atoms with E-state index >= 15 is 0 Å². The summed E-state index contributed by atoms with van der Waals surface area (Å²) in [6.07, 6.45) is -0.0143. The Balaban J connectivity index is 1.57. The fourth-order valence-corrected chi connectivity index (χ4v) is 3.85. The number of amides is 2. The number of nitrogens with two attached hydrogens (primary N) is 1. The van der Waals surface area contributed by atoms with Crippen molar-refractivity contribution >= 4 is 29.1 Å². The quantitative estimate of drug-likeness (QED) is 0.216.